The van der Waals surface area contributed by atoms with Gasteiger partial charge >= 0.3 is 0 Å². The van der Waals surface area contributed by atoms with Crippen molar-refractivity contribution in [1.29, 1.82) is 0 Å². The number of nitrogens with zero attached hydrogens (tertiary/aromatic N) is 1. The van der Waals surface area contributed by atoms with Crippen LogP contribution >= 0.6 is 11.3 Å². The maximum atomic E-state index is 12.0. The van der Waals surface area contributed by atoms with Gasteiger partial charge < -0.3 is 9.64 Å². The zero-order chi connectivity index (χ0) is 12.1. The molecule has 0 atom stereocenters. The largest absolute Gasteiger partial charge is 0.381 e. The zero-order valence-electron chi connectivity index (χ0n) is 10.2. The summed E-state index contributed by atoms with van der Waals surface area (Å²) in [4.78, 5) is 15.2. The summed E-state index contributed by atoms with van der Waals surface area (Å²) < 4.78 is 5.30. The highest BCUT2D eigenvalue weighted by Gasteiger charge is 2.21. The number of likely N-dealkylation sites (tertiary alicyclic amines) is 1. The van der Waals surface area contributed by atoms with Crippen LogP contribution in [0.3, 0.4) is 0 Å². The lowest BCUT2D eigenvalue weighted by atomic mass is 10.1. The van der Waals surface area contributed by atoms with Crippen molar-refractivity contribution in [3.05, 3.63) is 22.4 Å². The summed E-state index contributed by atoms with van der Waals surface area (Å²) in [6.45, 7) is 1.70. The molecule has 3 nitrogen and oxygen atoms in total. The van der Waals surface area contributed by atoms with Crippen molar-refractivity contribution in [3.8, 4) is 0 Å². The molecule has 0 aliphatic carbocycles. The Morgan fingerprint density at radius 3 is 2.88 bits per heavy atom. The van der Waals surface area contributed by atoms with Crippen LogP contribution in [0.25, 0.3) is 0 Å². The molecule has 1 aromatic rings. The maximum absolute atomic E-state index is 12.0. The standard InChI is InChI=1S/C13H19NO2S/c1-16-11-6-8-14(9-7-11)13(15)5-4-12-3-2-10-17-12/h2-3,10-11H,4-9H2,1H3. The van der Waals surface area contributed by atoms with Crippen LogP contribution < -0.4 is 0 Å². The number of amides is 1. The molecule has 1 aromatic heterocycles. The topological polar surface area (TPSA) is 29.5 Å². The third-order valence-electron chi connectivity index (χ3n) is 3.29. The first-order valence-corrected chi connectivity index (χ1v) is 7.00. The Hall–Kier alpha value is -0.870. The van der Waals surface area contributed by atoms with Gasteiger partial charge in [-0.3, -0.25) is 4.79 Å². The minimum atomic E-state index is 0.285. The van der Waals surface area contributed by atoms with E-state index in [0.717, 1.165) is 32.4 Å². The Labute approximate surface area is 106 Å². The average molecular weight is 253 g/mol. The van der Waals surface area contributed by atoms with E-state index in [1.165, 1.54) is 4.88 Å². The Morgan fingerprint density at radius 2 is 2.29 bits per heavy atom. The van der Waals surface area contributed by atoms with Crippen LogP contribution in [0.5, 0.6) is 0 Å². The second-order valence-electron chi connectivity index (χ2n) is 4.40. The highest BCUT2D eigenvalue weighted by molar-refractivity contribution is 7.09. The number of hydrogen-bond donors (Lipinski definition) is 0. The molecule has 1 aliphatic heterocycles. The van der Waals surface area contributed by atoms with Crippen LogP contribution in [0.1, 0.15) is 24.1 Å². The third-order valence-corrected chi connectivity index (χ3v) is 4.23. The predicted octanol–water partition coefficient (Wildman–Crippen LogP) is 2.32. The second kappa shape index (κ2) is 6.17. The molecule has 1 fully saturated rings. The van der Waals surface area contributed by atoms with Crippen molar-refractivity contribution in [2.45, 2.75) is 31.8 Å². The lowest BCUT2D eigenvalue weighted by molar-refractivity contribution is -0.133. The van der Waals surface area contributed by atoms with Crippen LogP contribution in [0.2, 0.25) is 0 Å². The Balaban J connectivity index is 1.73. The summed E-state index contributed by atoms with van der Waals surface area (Å²) >= 11 is 1.72. The minimum absolute atomic E-state index is 0.285. The monoisotopic (exact) mass is 253 g/mol. The number of thiophene rings is 1. The number of ether oxygens (including phenoxy) is 1. The number of carbonyl (C=O) groups is 1. The average Bonchev–Trinajstić information content (AvgIpc) is 2.89. The summed E-state index contributed by atoms with van der Waals surface area (Å²) in [7, 11) is 1.75. The molecule has 94 valence electrons. The molecular formula is C13H19NO2S. The fourth-order valence-corrected chi connectivity index (χ4v) is 2.89. The van der Waals surface area contributed by atoms with E-state index in [4.69, 9.17) is 4.74 Å². The van der Waals surface area contributed by atoms with Gasteiger partial charge in [0.05, 0.1) is 6.10 Å². The van der Waals surface area contributed by atoms with E-state index in [0.29, 0.717) is 12.5 Å². The molecule has 1 amide bonds. The molecule has 0 bridgehead atoms. The molecule has 2 heterocycles. The summed E-state index contributed by atoms with van der Waals surface area (Å²) in [5.41, 5.74) is 0. The van der Waals surface area contributed by atoms with Gasteiger partial charge in [-0.1, -0.05) is 6.07 Å². The molecule has 0 aromatic carbocycles. The normalized spacial score (nSPS) is 17.4. The molecule has 0 unspecified atom stereocenters. The van der Waals surface area contributed by atoms with Crippen LogP contribution in [-0.2, 0) is 16.0 Å². The second-order valence-corrected chi connectivity index (χ2v) is 5.43. The van der Waals surface area contributed by atoms with Gasteiger partial charge in [-0.05, 0) is 30.7 Å². The first-order valence-electron chi connectivity index (χ1n) is 6.12. The van der Waals surface area contributed by atoms with Gasteiger partial charge in [-0.25, -0.2) is 0 Å². The summed E-state index contributed by atoms with van der Waals surface area (Å²) in [5, 5.41) is 2.06. The number of aryl methyl sites for hydroxylation is 1. The summed E-state index contributed by atoms with van der Waals surface area (Å²) in [6.07, 6.45) is 3.80. The van der Waals surface area contributed by atoms with Crippen molar-refractivity contribution in [2.75, 3.05) is 20.2 Å². The minimum Gasteiger partial charge on any atom is -0.381 e. The van der Waals surface area contributed by atoms with E-state index in [2.05, 4.69) is 11.4 Å². The van der Waals surface area contributed by atoms with E-state index in [-0.39, 0.29) is 5.91 Å². The van der Waals surface area contributed by atoms with Gasteiger partial charge in [-0.15, -0.1) is 11.3 Å². The van der Waals surface area contributed by atoms with Gasteiger partial charge in [0.1, 0.15) is 0 Å². The predicted molar refractivity (Wildman–Crippen MR) is 69.3 cm³/mol. The van der Waals surface area contributed by atoms with Crippen molar-refractivity contribution < 1.29 is 9.53 Å². The number of rotatable bonds is 4. The fraction of sp³-hybridized carbons (Fsp3) is 0.615. The van der Waals surface area contributed by atoms with Gasteiger partial charge in [0.15, 0.2) is 0 Å². The first-order chi connectivity index (χ1) is 8.29. The lowest BCUT2D eigenvalue weighted by Crippen LogP contribution is -2.40. The smallest absolute Gasteiger partial charge is 0.222 e. The SMILES string of the molecule is COC1CCN(C(=O)CCc2cccs2)CC1. The van der Waals surface area contributed by atoms with Gasteiger partial charge in [-0.2, -0.15) is 0 Å². The maximum Gasteiger partial charge on any atom is 0.222 e. The van der Waals surface area contributed by atoms with E-state index >= 15 is 0 Å². The van der Waals surface area contributed by atoms with E-state index in [9.17, 15) is 4.79 Å². The molecule has 4 heteroatoms. The quantitative estimate of drug-likeness (QED) is 0.824. The third kappa shape index (κ3) is 3.54. The van der Waals surface area contributed by atoms with Crippen molar-refractivity contribution in [3.63, 3.8) is 0 Å². The number of carbonyl (C=O) groups excluding carboxylic acids is 1. The molecule has 1 aliphatic rings. The number of hydrogen-bond acceptors (Lipinski definition) is 3. The molecular weight excluding hydrogens is 234 g/mol. The Kier molecular flexibility index (Phi) is 4.57. The molecule has 0 spiro atoms. The molecule has 2 rings (SSSR count). The summed E-state index contributed by atoms with van der Waals surface area (Å²) in [6, 6.07) is 4.13. The van der Waals surface area contributed by atoms with E-state index in [1.807, 2.05) is 11.0 Å². The van der Waals surface area contributed by atoms with Crippen LogP contribution in [0.4, 0.5) is 0 Å². The highest BCUT2D eigenvalue weighted by atomic mass is 32.1. The van der Waals surface area contributed by atoms with Crippen LogP contribution in [0.15, 0.2) is 17.5 Å². The van der Waals surface area contributed by atoms with Crippen molar-refractivity contribution >= 4 is 17.2 Å². The number of methoxy groups -OCH3 is 1. The molecule has 0 radical (unpaired) electrons. The van der Waals surface area contributed by atoms with Crippen molar-refractivity contribution in [1.82, 2.24) is 4.90 Å². The summed E-state index contributed by atoms with van der Waals surface area (Å²) in [5.74, 6) is 0.285. The molecule has 17 heavy (non-hydrogen) atoms. The van der Waals surface area contributed by atoms with Gasteiger partial charge in [0, 0.05) is 31.5 Å². The molecule has 1 saturated heterocycles. The first kappa shape index (κ1) is 12.6. The molecule has 0 N–H and O–H groups in total. The lowest BCUT2D eigenvalue weighted by Gasteiger charge is -2.31. The Morgan fingerprint density at radius 1 is 1.53 bits per heavy atom. The molecule has 0 saturated carbocycles. The van der Waals surface area contributed by atoms with Crippen molar-refractivity contribution in [2.24, 2.45) is 0 Å². The van der Waals surface area contributed by atoms with Crippen LogP contribution in [0, 0.1) is 0 Å². The zero-order valence-corrected chi connectivity index (χ0v) is 11.0. The van der Waals surface area contributed by atoms with Gasteiger partial charge in [0.25, 0.3) is 0 Å². The van der Waals surface area contributed by atoms with Gasteiger partial charge in [0.2, 0.25) is 5.91 Å². The fourth-order valence-electron chi connectivity index (χ4n) is 2.18. The van der Waals surface area contributed by atoms with Crippen LogP contribution in [-0.4, -0.2) is 37.1 Å². The Bertz CT molecular complexity index is 342. The highest BCUT2D eigenvalue weighted by Crippen LogP contribution is 2.16. The number of piperidine rings is 1. The van der Waals surface area contributed by atoms with E-state index in [1.54, 1.807) is 18.4 Å². The van der Waals surface area contributed by atoms with E-state index < -0.39 is 0 Å².